The summed E-state index contributed by atoms with van der Waals surface area (Å²) in [7, 11) is 0. The van der Waals surface area contributed by atoms with Gasteiger partial charge in [0.05, 0.1) is 6.61 Å². The predicted octanol–water partition coefficient (Wildman–Crippen LogP) is 1.34. The van der Waals surface area contributed by atoms with Crippen molar-refractivity contribution in [3.8, 4) is 0 Å². The number of likely N-dealkylation sites (tertiary alicyclic amines) is 1. The van der Waals surface area contributed by atoms with Crippen LogP contribution in [0.2, 0.25) is 0 Å². The Labute approximate surface area is 109 Å². The molecule has 0 bridgehead atoms. The van der Waals surface area contributed by atoms with E-state index >= 15 is 0 Å². The number of hydrogen-bond donors (Lipinski definition) is 2. The zero-order chi connectivity index (χ0) is 13.8. The second kappa shape index (κ2) is 6.38. The zero-order valence-electron chi connectivity index (χ0n) is 11.7. The van der Waals surface area contributed by atoms with Crippen LogP contribution >= 0.6 is 0 Å². The Bertz CT molecular complexity index is 276. The zero-order valence-corrected chi connectivity index (χ0v) is 11.7. The number of hydrogen-bond acceptors (Lipinski definition) is 4. The lowest BCUT2D eigenvalue weighted by molar-refractivity contribution is 0.0221. The van der Waals surface area contributed by atoms with Gasteiger partial charge in [-0.3, -0.25) is 0 Å². The number of amides is 1. The van der Waals surface area contributed by atoms with Gasteiger partial charge in [0.15, 0.2) is 0 Å². The van der Waals surface area contributed by atoms with E-state index in [2.05, 4.69) is 0 Å². The topological polar surface area (TPSA) is 75.8 Å². The summed E-state index contributed by atoms with van der Waals surface area (Å²) in [6.45, 7) is 6.84. The molecule has 0 aromatic carbocycles. The Morgan fingerprint density at radius 1 is 1.50 bits per heavy atom. The van der Waals surface area contributed by atoms with Gasteiger partial charge in [-0.15, -0.1) is 0 Å². The molecule has 5 heteroatoms. The van der Waals surface area contributed by atoms with Crippen LogP contribution in [0.15, 0.2) is 0 Å². The third kappa shape index (κ3) is 4.82. The number of aliphatic hydroxyl groups is 1. The average molecular weight is 258 g/mol. The minimum absolute atomic E-state index is 0.0349. The number of carbonyl (C=O) groups is 1. The van der Waals surface area contributed by atoms with Crippen LogP contribution in [0.3, 0.4) is 0 Å². The van der Waals surface area contributed by atoms with E-state index in [9.17, 15) is 4.79 Å². The molecule has 1 heterocycles. The molecule has 1 aliphatic rings. The van der Waals surface area contributed by atoms with Gasteiger partial charge in [0.2, 0.25) is 0 Å². The van der Waals surface area contributed by atoms with Crippen LogP contribution in [-0.2, 0) is 4.74 Å². The molecule has 18 heavy (non-hydrogen) atoms. The van der Waals surface area contributed by atoms with Gasteiger partial charge < -0.3 is 20.5 Å². The molecule has 106 valence electrons. The van der Waals surface area contributed by atoms with Gasteiger partial charge in [0.25, 0.3) is 0 Å². The minimum Gasteiger partial charge on any atom is -0.444 e. The summed E-state index contributed by atoms with van der Waals surface area (Å²) >= 11 is 0. The molecule has 0 saturated carbocycles. The molecule has 0 radical (unpaired) electrons. The van der Waals surface area contributed by atoms with E-state index in [0.717, 1.165) is 19.3 Å². The maximum Gasteiger partial charge on any atom is 0.410 e. The normalized spacial score (nSPS) is 23.4. The Kier molecular flexibility index (Phi) is 5.41. The molecule has 0 aliphatic carbocycles. The number of nitrogens with zero attached hydrogens (tertiary/aromatic N) is 1. The molecule has 5 nitrogen and oxygen atoms in total. The van der Waals surface area contributed by atoms with Gasteiger partial charge in [0.1, 0.15) is 5.60 Å². The van der Waals surface area contributed by atoms with Gasteiger partial charge in [-0.25, -0.2) is 4.79 Å². The van der Waals surface area contributed by atoms with E-state index in [4.69, 9.17) is 15.6 Å². The summed E-state index contributed by atoms with van der Waals surface area (Å²) in [5.74, 6) is 0.157. The summed E-state index contributed by atoms with van der Waals surface area (Å²) < 4.78 is 5.38. The first kappa shape index (κ1) is 15.2. The molecule has 0 aromatic heterocycles. The van der Waals surface area contributed by atoms with Crippen molar-refractivity contribution in [1.82, 2.24) is 4.90 Å². The molecular weight excluding hydrogens is 232 g/mol. The Morgan fingerprint density at radius 2 is 2.17 bits per heavy atom. The van der Waals surface area contributed by atoms with Gasteiger partial charge in [0, 0.05) is 19.1 Å². The van der Waals surface area contributed by atoms with Crippen LogP contribution in [0.25, 0.3) is 0 Å². The summed E-state index contributed by atoms with van der Waals surface area (Å²) in [6.07, 6.45) is 2.69. The number of aliphatic hydroxyl groups excluding tert-OH is 1. The van der Waals surface area contributed by atoms with Gasteiger partial charge in [-0.2, -0.15) is 0 Å². The first-order chi connectivity index (χ1) is 8.33. The molecule has 1 fully saturated rings. The van der Waals surface area contributed by atoms with E-state index in [0.29, 0.717) is 13.1 Å². The summed E-state index contributed by atoms with van der Waals surface area (Å²) in [6, 6.07) is -0.256. The van der Waals surface area contributed by atoms with Crippen molar-refractivity contribution in [2.24, 2.45) is 11.7 Å². The van der Waals surface area contributed by atoms with Crippen LogP contribution in [0.5, 0.6) is 0 Å². The maximum absolute atomic E-state index is 12.0. The van der Waals surface area contributed by atoms with Gasteiger partial charge in [-0.05, 0) is 39.5 Å². The predicted molar refractivity (Wildman–Crippen MR) is 70.2 cm³/mol. The van der Waals surface area contributed by atoms with Crippen LogP contribution < -0.4 is 5.73 Å². The van der Waals surface area contributed by atoms with Crippen LogP contribution in [0.4, 0.5) is 4.79 Å². The monoisotopic (exact) mass is 258 g/mol. The van der Waals surface area contributed by atoms with Crippen molar-refractivity contribution in [3.63, 3.8) is 0 Å². The highest BCUT2D eigenvalue weighted by Crippen LogP contribution is 2.20. The smallest absolute Gasteiger partial charge is 0.410 e. The molecule has 1 rings (SSSR count). The summed E-state index contributed by atoms with van der Waals surface area (Å²) in [5.41, 5.74) is 5.40. The molecule has 2 unspecified atom stereocenters. The highest BCUT2D eigenvalue weighted by molar-refractivity contribution is 5.68. The van der Waals surface area contributed by atoms with E-state index in [-0.39, 0.29) is 24.7 Å². The fourth-order valence-corrected chi connectivity index (χ4v) is 2.17. The third-order valence-corrected chi connectivity index (χ3v) is 3.18. The molecule has 1 aliphatic heterocycles. The van der Waals surface area contributed by atoms with Crippen molar-refractivity contribution in [2.75, 3.05) is 19.7 Å². The highest BCUT2D eigenvalue weighted by Gasteiger charge is 2.28. The Balaban J connectivity index is 2.61. The standard InChI is InChI=1S/C13H26N2O3/c1-13(2,3)18-12(17)15-7-5-4-6-10(8-15)11(14)9-16/h10-11,16H,4-9,14H2,1-3H3. The average Bonchev–Trinajstić information content (AvgIpc) is 2.51. The number of ether oxygens (including phenoxy) is 1. The van der Waals surface area contributed by atoms with Crippen molar-refractivity contribution < 1.29 is 14.6 Å². The lowest BCUT2D eigenvalue weighted by Crippen LogP contribution is -2.44. The van der Waals surface area contributed by atoms with E-state index < -0.39 is 5.60 Å². The second-order valence-corrected chi connectivity index (χ2v) is 6.03. The minimum atomic E-state index is -0.474. The SMILES string of the molecule is CC(C)(C)OC(=O)N1CCCCC(C(N)CO)C1. The van der Waals surface area contributed by atoms with E-state index in [1.165, 1.54) is 0 Å². The summed E-state index contributed by atoms with van der Waals surface area (Å²) in [4.78, 5) is 13.7. The molecule has 3 N–H and O–H groups in total. The summed E-state index contributed by atoms with van der Waals surface area (Å²) in [5, 5.41) is 9.13. The number of rotatable bonds is 2. The Hall–Kier alpha value is -0.810. The van der Waals surface area contributed by atoms with Crippen molar-refractivity contribution in [3.05, 3.63) is 0 Å². The number of nitrogens with two attached hydrogens (primary N) is 1. The lowest BCUT2D eigenvalue weighted by atomic mass is 9.96. The quantitative estimate of drug-likeness (QED) is 0.784. The van der Waals surface area contributed by atoms with E-state index in [1.54, 1.807) is 4.90 Å². The van der Waals surface area contributed by atoms with Crippen LogP contribution in [0.1, 0.15) is 40.0 Å². The molecular formula is C13H26N2O3. The molecule has 1 amide bonds. The molecule has 1 saturated heterocycles. The number of carbonyl (C=O) groups excluding carboxylic acids is 1. The van der Waals surface area contributed by atoms with Crippen molar-refractivity contribution in [1.29, 1.82) is 0 Å². The third-order valence-electron chi connectivity index (χ3n) is 3.18. The van der Waals surface area contributed by atoms with Gasteiger partial charge >= 0.3 is 6.09 Å². The molecule has 2 atom stereocenters. The Morgan fingerprint density at radius 3 is 2.72 bits per heavy atom. The second-order valence-electron chi connectivity index (χ2n) is 6.03. The fourth-order valence-electron chi connectivity index (χ4n) is 2.17. The molecule has 0 aromatic rings. The van der Waals surface area contributed by atoms with Gasteiger partial charge in [-0.1, -0.05) is 6.42 Å². The van der Waals surface area contributed by atoms with Crippen molar-refractivity contribution >= 4 is 6.09 Å². The largest absolute Gasteiger partial charge is 0.444 e. The maximum atomic E-state index is 12.0. The van der Waals surface area contributed by atoms with Crippen LogP contribution in [0, 0.1) is 5.92 Å². The highest BCUT2D eigenvalue weighted by atomic mass is 16.6. The van der Waals surface area contributed by atoms with E-state index in [1.807, 2.05) is 20.8 Å². The van der Waals surface area contributed by atoms with Crippen LogP contribution in [-0.4, -0.2) is 47.4 Å². The first-order valence-corrected chi connectivity index (χ1v) is 6.68. The lowest BCUT2D eigenvalue weighted by Gasteiger charge is -2.29. The molecule has 0 spiro atoms. The van der Waals surface area contributed by atoms with Crippen molar-refractivity contribution in [2.45, 2.75) is 51.7 Å². The fraction of sp³-hybridized carbons (Fsp3) is 0.923. The first-order valence-electron chi connectivity index (χ1n) is 6.68.